The number of amides is 1. The van der Waals surface area contributed by atoms with Crippen LogP contribution in [0, 0.1) is 6.92 Å². The fraction of sp³-hybridized carbons (Fsp3) is 0.200. The minimum Gasteiger partial charge on any atom is -0.397 e. The smallest absolute Gasteiger partial charge is 0.259 e. The monoisotopic (exact) mass is 232 g/mol. The van der Waals surface area contributed by atoms with Crippen LogP contribution in [-0.4, -0.2) is 25.7 Å². The van der Waals surface area contributed by atoms with Gasteiger partial charge in [0.2, 0.25) is 5.95 Å². The average molecular weight is 232 g/mol. The molecule has 0 aliphatic rings. The average Bonchev–Trinajstić information content (AvgIpc) is 2.68. The maximum atomic E-state index is 11.9. The lowest BCUT2D eigenvalue weighted by Crippen LogP contribution is -2.17. The van der Waals surface area contributed by atoms with Gasteiger partial charge in [-0.25, -0.2) is 4.68 Å². The van der Waals surface area contributed by atoms with Crippen molar-refractivity contribution < 1.29 is 4.79 Å². The first-order valence-electron chi connectivity index (χ1n) is 4.95. The zero-order chi connectivity index (χ0) is 12.4. The summed E-state index contributed by atoms with van der Waals surface area (Å²) >= 11 is 0. The van der Waals surface area contributed by atoms with Crippen molar-refractivity contribution in [3.05, 3.63) is 29.8 Å². The second-order valence-corrected chi connectivity index (χ2v) is 3.56. The molecule has 0 bridgehead atoms. The van der Waals surface area contributed by atoms with E-state index in [2.05, 4.69) is 20.4 Å². The molecule has 17 heavy (non-hydrogen) atoms. The van der Waals surface area contributed by atoms with E-state index < -0.39 is 0 Å². The Morgan fingerprint density at radius 3 is 2.88 bits per heavy atom. The summed E-state index contributed by atoms with van der Waals surface area (Å²) in [5, 5.41) is 6.48. The number of rotatable bonds is 2. The van der Waals surface area contributed by atoms with E-state index in [0.717, 1.165) is 0 Å². The highest BCUT2D eigenvalue weighted by molar-refractivity contribution is 6.04. The summed E-state index contributed by atoms with van der Waals surface area (Å²) in [6.45, 7) is 1.74. The van der Waals surface area contributed by atoms with Crippen LogP contribution in [0.4, 0.5) is 11.6 Å². The fourth-order valence-corrected chi connectivity index (χ4v) is 1.36. The van der Waals surface area contributed by atoms with Crippen LogP contribution in [0.3, 0.4) is 0 Å². The maximum Gasteiger partial charge on any atom is 0.259 e. The summed E-state index contributed by atoms with van der Waals surface area (Å²) in [6, 6.07) is 1.58. The molecule has 0 aliphatic carbocycles. The van der Waals surface area contributed by atoms with E-state index in [4.69, 9.17) is 5.73 Å². The van der Waals surface area contributed by atoms with Gasteiger partial charge in [-0.05, 0) is 13.0 Å². The molecule has 2 aromatic rings. The molecule has 2 heterocycles. The van der Waals surface area contributed by atoms with Crippen molar-refractivity contribution in [2.24, 2.45) is 7.05 Å². The van der Waals surface area contributed by atoms with Crippen molar-refractivity contribution in [3.8, 4) is 0 Å². The highest BCUT2D eigenvalue weighted by Crippen LogP contribution is 2.11. The zero-order valence-corrected chi connectivity index (χ0v) is 9.51. The number of nitrogens with two attached hydrogens (primary N) is 1. The predicted octanol–water partition coefficient (Wildman–Crippen LogP) is 0.353. The molecule has 0 saturated heterocycles. The van der Waals surface area contributed by atoms with Crippen LogP contribution in [0.15, 0.2) is 18.6 Å². The van der Waals surface area contributed by atoms with E-state index in [1.165, 1.54) is 17.2 Å². The van der Waals surface area contributed by atoms with Gasteiger partial charge in [-0.15, -0.1) is 0 Å². The van der Waals surface area contributed by atoms with Crippen molar-refractivity contribution in [2.75, 3.05) is 11.1 Å². The molecule has 2 aromatic heterocycles. The van der Waals surface area contributed by atoms with Crippen molar-refractivity contribution >= 4 is 17.5 Å². The minimum atomic E-state index is -0.307. The molecule has 0 saturated carbocycles. The Balaban J connectivity index is 2.26. The van der Waals surface area contributed by atoms with E-state index in [0.29, 0.717) is 22.9 Å². The standard InChI is InChI=1S/C10H12N6O/c1-6-8(3-7(11)4-12-6)9(17)15-10-13-5-14-16(10)2/h3-5H,11H2,1-2H3,(H,13,14,15,17). The number of nitrogen functional groups attached to an aromatic ring is 1. The van der Waals surface area contributed by atoms with E-state index in [9.17, 15) is 4.79 Å². The number of aryl methyl sites for hydroxylation is 2. The lowest BCUT2D eigenvalue weighted by Gasteiger charge is -2.06. The first kappa shape index (κ1) is 11.1. The third-order valence-electron chi connectivity index (χ3n) is 2.29. The Morgan fingerprint density at radius 2 is 2.24 bits per heavy atom. The van der Waals surface area contributed by atoms with E-state index >= 15 is 0 Å². The van der Waals surface area contributed by atoms with Gasteiger partial charge in [0.15, 0.2) is 0 Å². The second-order valence-electron chi connectivity index (χ2n) is 3.56. The van der Waals surface area contributed by atoms with Gasteiger partial charge in [0.05, 0.1) is 23.1 Å². The first-order valence-corrected chi connectivity index (χ1v) is 4.95. The molecule has 88 valence electrons. The molecule has 7 nitrogen and oxygen atoms in total. The number of carbonyl (C=O) groups is 1. The van der Waals surface area contributed by atoms with Gasteiger partial charge in [-0.3, -0.25) is 15.1 Å². The van der Waals surface area contributed by atoms with Gasteiger partial charge in [0.25, 0.3) is 5.91 Å². The molecule has 0 atom stereocenters. The maximum absolute atomic E-state index is 11.9. The largest absolute Gasteiger partial charge is 0.397 e. The van der Waals surface area contributed by atoms with Crippen LogP contribution >= 0.6 is 0 Å². The summed E-state index contributed by atoms with van der Waals surface area (Å²) < 4.78 is 1.47. The van der Waals surface area contributed by atoms with E-state index in [1.807, 2.05) is 0 Å². The molecule has 0 radical (unpaired) electrons. The van der Waals surface area contributed by atoms with Crippen LogP contribution in [0.2, 0.25) is 0 Å². The Kier molecular flexibility index (Phi) is 2.73. The van der Waals surface area contributed by atoms with Crippen molar-refractivity contribution in [3.63, 3.8) is 0 Å². The molecule has 0 fully saturated rings. The van der Waals surface area contributed by atoms with Gasteiger partial charge in [0.1, 0.15) is 6.33 Å². The molecule has 0 unspecified atom stereocenters. The van der Waals surface area contributed by atoms with Gasteiger partial charge >= 0.3 is 0 Å². The lowest BCUT2D eigenvalue weighted by atomic mass is 10.2. The van der Waals surface area contributed by atoms with E-state index in [1.54, 1.807) is 20.0 Å². The zero-order valence-electron chi connectivity index (χ0n) is 9.51. The molecule has 2 rings (SSSR count). The number of pyridine rings is 1. The van der Waals surface area contributed by atoms with Gasteiger partial charge < -0.3 is 5.73 Å². The third-order valence-corrected chi connectivity index (χ3v) is 2.29. The summed E-state index contributed by atoms with van der Waals surface area (Å²) in [6.07, 6.45) is 2.87. The quantitative estimate of drug-likeness (QED) is 0.778. The number of hydrogen-bond donors (Lipinski definition) is 2. The molecule has 1 amide bonds. The van der Waals surface area contributed by atoms with Crippen LogP contribution in [0.25, 0.3) is 0 Å². The van der Waals surface area contributed by atoms with Crippen LogP contribution in [0.1, 0.15) is 16.1 Å². The molecular weight excluding hydrogens is 220 g/mol. The fourth-order valence-electron chi connectivity index (χ4n) is 1.36. The van der Waals surface area contributed by atoms with Crippen molar-refractivity contribution in [2.45, 2.75) is 6.92 Å². The summed E-state index contributed by atoms with van der Waals surface area (Å²) in [4.78, 5) is 19.9. The number of anilines is 2. The Labute approximate surface area is 97.7 Å². The van der Waals surface area contributed by atoms with Crippen molar-refractivity contribution in [1.82, 2.24) is 19.7 Å². The SMILES string of the molecule is Cc1ncc(N)cc1C(=O)Nc1ncnn1C. The normalized spacial score (nSPS) is 10.2. The molecule has 0 spiro atoms. The summed E-state index contributed by atoms with van der Waals surface area (Å²) in [5.41, 5.74) is 7.07. The number of nitrogens with one attached hydrogen (secondary N) is 1. The highest BCUT2D eigenvalue weighted by atomic mass is 16.1. The highest BCUT2D eigenvalue weighted by Gasteiger charge is 2.12. The van der Waals surface area contributed by atoms with Gasteiger partial charge in [-0.2, -0.15) is 10.1 Å². The van der Waals surface area contributed by atoms with Crippen LogP contribution < -0.4 is 11.1 Å². The number of carbonyl (C=O) groups excluding carboxylic acids is 1. The van der Waals surface area contributed by atoms with Crippen molar-refractivity contribution in [1.29, 1.82) is 0 Å². The Bertz CT molecular complexity index is 562. The number of aromatic nitrogens is 4. The Morgan fingerprint density at radius 1 is 1.47 bits per heavy atom. The topological polar surface area (TPSA) is 98.7 Å². The third kappa shape index (κ3) is 2.22. The molecular formula is C10H12N6O. The summed E-state index contributed by atoms with van der Waals surface area (Å²) in [7, 11) is 1.69. The second kappa shape index (κ2) is 4.20. The summed E-state index contributed by atoms with van der Waals surface area (Å²) in [5.74, 6) is 0.0650. The first-order chi connectivity index (χ1) is 8.08. The Hall–Kier alpha value is -2.44. The minimum absolute atomic E-state index is 0.307. The number of nitrogens with zero attached hydrogens (tertiary/aromatic N) is 4. The molecule has 3 N–H and O–H groups in total. The lowest BCUT2D eigenvalue weighted by molar-refractivity contribution is 0.102. The molecule has 7 heteroatoms. The number of hydrogen-bond acceptors (Lipinski definition) is 5. The predicted molar refractivity (Wildman–Crippen MR) is 62.3 cm³/mol. The van der Waals surface area contributed by atoms with Crippen LogP contribution in [-0.2, 0) is 7.05 Å². The molecule has 0 aliphatic heterocycles. The van der Waals surface area contributed by atoms with E-state index in [-0.39, 0.29) is 5.91 Å². The van der Waals surface area contributed by atoms with Gasteiger partial charge in [0, 0.05) is 7.05 Å². The molecule has 0 aromatic carbocycles. The van der Waals surface area contributed by atoms with Crippen LogP contribution in [0.5, 0.6) is 0 Å². The van der Waals surface area contributed by atoms with Gasteiger partial charge in [-0.1, -0.05) is 0 Å².